The zero-order valence-corrected chi connectivity index (χ0v) is 15.7. The monoisotopic (exact) mass is 388 g/mol. The molecular weight excluding hydrogens is 364 g/mol. The summed E-state index contributed by atoms with van der Waals surface area (Å²) in [6.07, 6.45) is 0.677. The average molecular weight is 388 g/mol. The molecule has 0 unspecified atom stereocenters. The topological polar surface area (TPSA) is 116 Å². The summed E-state index contributed by atoms with van der Waals surface area (Å²) >= 11 is 0. The van der Waals surface area contributed by atoms with E-state index in [0.29, 0.717) is 5.56 Å². The van der Waals surface area contributed by atoms with Gasteiger partial charge in [0.1, 0.15) is 5.78 Å². The molecule has 0 aliphatic heterocycles. The molecule has 1 aromatic rings. The Morgan fingerprint density at radius 3 is 2.57 bits per heavy atom. The first-order valence-corrected chi connectivity index (χ1v) is 9.54. The minimum Gasteiger partial charge on any atom is -0.447 e. The Morgan fingerprint density at radius 2 is 1.96 bits per heavy atom. The van der Waals surface area contributed by atoms with Crippen LogP contribution in [0.5, 0.6) is 0 Å². The molecule has 0 spiro atoms. The van der Waals surface area contributed by atoms with Gasteiger partial charge in [0, 0.05) is 34.8 Å². The summed E-state index contributed by atoms with van der Waals surface area (Å²) in [5.41, 5.74) is 0.543. The molecule has 2 saturated carbocycles. The van der Waals surface area contributed by atoms with Crippen molar-refractivity contribution >= 4 is 17.7 Å². The molecule has 4 atom stereocenters. The lowest BCUT2D eigenvalue weighted by Gasteiger charge is -2.21. The van der Waals surface area contributed by atoms with Crippen molar-refractivity contribution in [2.24, 2.45) is 17.8 Å². The molecule has 8 nitrogen and oxygen atoms in total. The van der Waals surface area contributed by atoms with Crippen molar-refractivity contribution in [3.63, 3.8) is 0 Å². The second kappa shape index (κ2) is 8.50. The normalized spacial score (nSPS) is 25.2. The van der Waals surface area contributed by atoms with Gasteiger partial charge in [0.2, 0.25) is 12.6 Å². The molecule has 0 aromatic heterocycles. The highest BCUT2D eigenvalue weighted by atomic mass is 16.6. The summed E-state index contributed by atoms with van der Waals surface area (Å²) in [4.78, 5) is 47.8. The number of benzene rings is 1. The number of nitrogens with zero attached hydrogens (tertiary/aromatic N) is 1. The Hall–Kier alpha value is -2.77. The number of hydrogen-bond donors (Lipinski definition) is 1. The maximum Gasteiger partial charge on any atom is 0.307 e. The van der Waals surface area contributed by atoms with E-state index >= 15 is 0 Å². The number of esters is 1. The fourth-order valence-corrected chi connectivity index (χ4v) is 3.76. The fourth-order valence-electron chi connectivity index (χ4n) is 3.76. The lowest BCUT2D eigenvalue weighted by atomic mass is 9.88. The maximum absolute atomic E-state index is 12.5. The van der Waals surface area contributed by atoms with E-state index in [2.05, 4.69) is 5.32 Å². The highest BCUT2D eigenvalue weighted by molar-refractivity contribution is 5.89. The highest BCUT2D eigenvalue weighted by Crippen LogP contribution is 2.37. The zero-order valence-electron chi connectivity index (χ0n) is 15.7. The Bertz CT molecular complexity index is 761. The summed E-state index contributed by atoms with van der Waals surface area (Å²) < 4.78 is 5.45. The first-order valence-electron chi connectivity index (χ1n) is 9.54. The molecule has 1 aromatic carbocycles. The third-order valence-corrected chi connectivity index (χ3v) is 5.44. The van der Waals surface area contributed by atoms with Crippen molar-refractivity contribution in [1.29, 1.82) is 0 Å². The van der Waals surface area contributed by atoms with Crippen LogP contribution in [-0.2, 0) is 19.1 Å². The number of amides is 1. The number of nitro groups is 1. The smallest absolute Gasteiger partial charge is 0.307 e. The van der Waals surface area contributed by atoms with Crippen LogP contribution in [0.4, 0.5) is 0 Å². The van der Waals surface area contributed by atoms with Gasteiger partial charge in [-0.1, -0.05) is 37.3 Å². The lowest BCUT2D eigenvalue weighted by Crippen LogP contribution is -2.34. The Labute approximate surface area is 162 Å². The Morgan fingerprint density at radius 1 is 1.29 bits per heavy atom. The molecule has 0 heterocycles. The molecule has 0 bridgehead atoms. The van der Waals surface area contributed by atoms with Crippen molar-refractivity contribution < 1.29 is 24.0 Å². The van der Waals surface area contributed by atoms with Crippen LogP contribution in [0.1, 0.15) is 44.3 Å². The van der Waals surface area contributed by atoms with Crippen molar-refractivity contribution in [3.8, 4) is 0 Å². The van der Waals surface area contributed by atoms with Crippen molar-refractivity contribution in [2.75, 3.05) is 6.54 Å². The number of hydrogen-bond acceptors (Lipinski definition) is 6. The molecule has 1 N–H and O–H groups in total. The van der Waals surface area contributed by atoms with Crippen LogP contribution in [0.2, 0.25) is 0 Å². The lowest BCUT2D eigenvalue weighted by molar-refractivity contribution is -0.490. The molecule has 2 aliphatic carbocycles. The molecule has 0 saturated heterocycles. The number of ether oxygens (including phenoxy) is 1. The first-order chi connectivity index (χ1) is 13.3. The minimum atomic E-state index is -1.10. The van der Waals surface area contributed by atoms with E-state index in [1.165, 1.54) is 0 Å². The predicted molar refractivity (Wildman–Crippen MR) is 98.7 cm³/mol. The van der Waals surface area contributed by atoms with Gasteiger partial charge in [-0.15, -0.1) is 0 Å². The van der Waals surface area contributed by atoms with E-state index < -0.39 is 34.7 Å². The third kappa shape index (κ3) is 4.94. The molecule has 8 heteroatoms. The van der Waals surface area contributed by atoms with Gasteiger partial charge >= 0.3 is 5.97 Å². The quantitative estimate of drug-likeness (QED) is 0.414. The van der Waals surface area contributed by atoms with Crippen LogP contribution in [0.25, 0.3) is 0 Å². The first kappa shape index (κ1) is 20.0. The summed E-state index contributed by atoms with van der Waals surface area (Å²) in [5.74, 6) is -2.63. The van der Waals surface area contributed by atoms with Gasteiger partial charge < -0.3 is 10.1 Å². The zero-order chi connectivity index (χ0) is 20.3. The molecule has 2 fully saturated rings. The molecule has 150 valence electrons. The molecule has 3 rings (SSSR count). The SMILES string of the molecule is C[C@H]1CC(=O)[C@H](CC(=O)O[C@H](C(=O)NC2CC2)c2ccccc2)[C@@H]1C[N+](=O)[O-]. The number of Topliss-reactive ketones (excluding diaryl/α,β-unsaturated/α-hetero) is 1. The predicted octanol–water partition coefficient (Wildman–Crippen LogP) is 2.06. The van der Waals surface area contributed by atoms with Crippen molar-refractivity contribution in [2.45, 2.75) is 44.8 Å². The van der Waals surface area contributed by atoms with Crippen LogP contribution >= 0.6 is 0 Å². The fraction of sp³-hybridized carbons (Fsp3) is 0.550. The van der Waals surface area contributed by atoms with Gasteiger partial charge in [-0.05, 0) is 18.8 Å². The summed E-state index contributed by atoms with van der Waals surface area (Å²) in [5, 5.41) is 13.8. The van der Waals surface area contributed by atoms with Crippen LogP contribution < -0.4 is 5.32 Å². The number of carbonyl (C=O) groups is 3. The van der Waals surface area contributed by atoms with Gasteiger partial charge in [0.25, 0.3) is 5.91 Å². The van der Waals surface area contributed by atoms with Crippen molar-refractivity contribution in [3.05, 3.63) is 46.0 Å². The van der Waals surface area contributed by atoms with Gasteiger partial charge in [0.15, 0.2) is 0 Å². The number of ketones is 1. The van der Waals surface area contributed by atoms with Gasteiger partial charge in [0.05, 0.1) is 6.42 Å². The number of nitrogens with one attached hydrogen (secondary N) is 1. The average Bonchev–Trinajstić information content (AvgIpc) is 3.42. The molecule has 1 amide bonds. The van der Waals surface area contributed by atoms with Gasteiger partial charge in [-0.25, -0.2) is 0 Å². The third-order valence-electron chi connectivity index (χ3n) is 5.44. The van der Waals surface area contributed by atoms with Crippen LogP contribution in [0.3, 0.4) is 0 Å². The van der Waals surface area contributed by atoms with Gasteiger partial charge in [-0.2, -0.15) is 0 Å². The van der Waals surface area contributed by atoms with E-state index in [4.69, 9.17) is 4.74 Å². The molecular formula is C20H24N2O6. The maximum atomic E-state index is 12.5. The minimum absolute atomic E-state index is 0.110. The summed E-state index contributed by atoms with van der Waals surface area (Å²) in [7, 11) is 0. The highest BCUT2D eigenvalue weighted by Gasteiger charge is 2.44. The Kier molecular flexibility index (Phi) is 6.06. The summed E-state index contributed by atoms with van der Waals surface area (Å²) in [6, 6.07) is 8.79. The van der Waals surface area contributed by atoms with E-state index in [1.807, 2.05) is 0 Å². The van der Waals surface area contributed by atoms with E-state index in [0.717, 1.165) is 12.8 Å². The van der Waals surface area contributed by atoms with E-state index in [-0.39, 0.29) is 37.1 Å². The van der Waals surface area contributed by atoms with E-state index in [1.54, 1.807) is 37.3 Å². The largest absolute Gasteiger partial charge is 0.447 e. The number of rotatable bonds is 8. The van der Waals surface area contributed by atoms with Crippen LogP contribution in [0.15, 0.2) is 30.3 Å². The number of carbonyl (C=O) groups excluding carboxylic acids is 3. The molecule has 28 heavy (non-hydrogen) atoms. The van der Waals surface area contributed by atoms with Gasteiger partial charge in [-0.3, -0.25) is 24.5 Å². The second-order valence-corrected chi connectivity index (χ2v) is 7.70. The Balaban J connectivity index is 1.69. The van der Waals surface area contributed by atoms with Crippen LogP contribution in [0, 0.1) is 27.9 Å². The van der Waals surface area contributed by atoms with Crippen LogP contribution in [-0.4, -0.2) is 35.2 Å². The van der Waals surface area contributed by atoms with Crippen molar-refractivity contribution in [1.82, 2.24) is 5.32 Å². The molecule has 2 aliphatic rings. The summed E-state index contributed by atoms with van der Waals surface area (Å²) in [6.45, 7) is 1.43. The standard InChI is InChI=1S/C20H24N2O6/c1-12-9-17(23)15(16(12)11-22(26)27)10-18(24)28-19(13-5-3-2-4-6-13)20(25)21-14-7-8-14/h2-6,12,14-16,19H,7-11H2,1H3,(H,21,25)/t12-,15+,16+,19-/m0/s1. The molecule has 0 radical (unpaired) electrons. The second-order valence-electron chi connectivity index (χ2n) is 7.70. The van der Waals surface area contributed by atoms with E-state index in [9.17, 15) is 24.5 Å².